The quantitative estimate of drug-likeness (QED) is 0.911. The molecule has 0 aromatic carbocycles. The fourth-order valence-corrected chi connectivity index (χ4v) is 2.48. The second-order valence-electron chi connectivity index (χ2n) is 5.24. The molecule has 0 spiro atoms. The summed E-state index contributed by atoms with van der Waals surface area (Å²) in [4.78, 5) is 15.1. The fourth-order valence-electron chi connectivity index (χ4n) is 2.33. The van der Waals surface area contributed by atoms with Gasteiger partial charge in [0.25, 0.3) is 0 Å². The van der Waals surface area contributed by atoms with Crippen LogP contribution in [0.5, 0.6) is 0 Å². The Morgan fingerprint density at radius 3 is 2.56 bits per heavy atom. The van der Waals surface area contributed by atoms with Gasteiger partial charge < -0.3 is 10.2 Å². The van der Waals surface area contributed by atoms with E-state index in [1.165, 1.54) is 25.7 Å². The van der Waals surface area contributed by atoms with Crippen LogP contribution in [-0.4, -0.2) is 34.1 Å². The molecule has 1 aromatic rings. The van der Waals surface area contributed by atoms with Crippen LogP contribution in [0, 0.1) is 5.92 Å². The highest BCUT2D eigenvalue weighted by atomic mass is 35.5. The molecule has 0 amide bonds. The van der Waals surface area contributed by atoms with Crippen LogP contribution in [-0.2, 0) is 0 Å². The molecule has 2 aliphatic rings. The van der Waals surface area contributed by atoms with E-state index in [1.807, 2.05) is 0 Å². The van der Waals surface area contributed by atoms with Gasteiger partial charge in [0.2, 0.25) is 17.2 Å². The van der Waals surface area contributed by atoms with Crippen LogP contribution >= 0.6 is 11.6 Å². The lowest BCUT2D eigenvalue weighted by molar-refractivity contribution is 0.567. The number of hydrogen-bond acceptors (Lipinski definition) is 5. The molecule has 2 heterocycles. The number of nitrogens with one attached hydrogen (secondary N) is 1. The van der Waals surface area contributed by atoms with Gasteiger partial charge in [0.15, 0.2) is 0 Å². The van der Waals surface area contributed by atoms with E-state index in [1.54, 1.807) is 0 Å². The topological polar surface area (TPSA) is 53.9 Å². The first-order valence-corrected chi connectivity index (χ1v) is 7.03. The zero-order valence-corrected chi connectivity index (χ0v) is 11.3. The predicted molar refractivity (Wildman–Crippen MR) is 72.1 cm³/mol. The summed E-state index contributed by atoms with van der Waals surface area (Å²) in [7, 11) is 0. The molecule has 6 heteroatoms. The fraction of sp³-hybridized carbons (Fsp3) is 0.750. The van der Waals surface area contributed by atoms with E-state index in [9.17, 15) is 0 Å². The molecule has 1 saturated heterocycles. The predicted octanol–water partition coefficient (Wildman–Crippen LogP) is 2.34. The lowest BCUT2D eigenvalue weighted by Gasteiger charge is -2.26. The maximum Gasteiger partial charge on any atom is 0.231 e. The van der Waals surface area contributed by atoms with Crippen molar-refractivity contribution in [1.82, 2.24) is 15.0 Å². The number of rotatable bonds is 3. The number of aromatic nitrogens is 3. The largest absolute Gasteiger partial charge is 0.351 e. The molecule has 0 bridgehead atoms. The van der Waals surface area contributed by atoms with Gasteiger partial charge in [0.05, 0.1) is 0 Å². The number of hydrogen-bond donors (Lipinski definition) is 1. The van der Waals surface area contributed by atoms with Crippen molar-refractivity contribution in [2.24, 2.45) is 5.92 Å². The molecule has 1 saturated carbocycles. The van der Waals surface area contributed by atoms with Crippen molar-refractivity contribution in [1.29, 1.82) is 0 Å². The maximum atomic E-state index is 5.98. The summed E-state index contributed by atoms with van der Waals surface area (Å²) in [6.45, 7) is 4.24. The van der Waals surface area contributed by atoms with Gasteiger partial charge in [0, 0.05) is 19.1 Å². The first kappa shape index (κ1) is 12.0. The van der Waals surface area contributed by atoms with Crippen molar-refractivity contribution in [2.45, 2.75) is 38.6 Å². The highest BCUT2D eigenvalue weighted by Gasteiger charge is 2.33. The minimum Gasteiger partial charge on any atom is -0.351 e. The molecule has 1 aliphatic carbocycles. The van der Waals surface area contributed by atoms with Gasteiger partial charge in [-0.3, -0.25) is 0 Å². The Hall–Kier alpha value is -1.10. The van der Waals surface area contributed by atoms with E-state index in [4.69, 9.17) is 11.6 Å². The molecule has 1 aromatic heterocycles. The van der Waals surface area contributed by atoms with Gasteiger partial charge in [-0.1, -0.05) is 6.92 Å². The van der Waals surface area contributed by atoms with Crippen LogP contribution in [0.15, 0.2) is 0 Å². The number of piperidine rings is 1. The summed E-state index contributed by atoms with van der Waals surface area (Å²) < 4.78 is 0. The Morgan fingerprint density at radius 1 is 1.17 bits per heavy atom. The highest BCUT2D eigenvalue weighted by molar-refractivity contribution is 6.28. The van der Waals surface area contributed by atoms with Crippen molar-refractivity contribution in [3.8, 4) is 0 Å². The van der Waals surface area contributed by atoms with Gasteiger partial charge in [-0.15, -0.1) is 0 Å². The lowest BCUT2D eigenvalue weighted by atomic mass is 10.1. The Kier molecular flexibility index (Phi) is 3.24. The van der Waals surface area contributed by atoms with E-state index in [2.05, 4.69) is 32.1 Å². The van der Waals surface area contributed by atoms with Gasteiger partial charge >= 0.3 is 0 Å². The highest BCUT2D eigenvalue weighted by Crippen LogP contribution is 2.32. The van der Waals surface area contributed by atoms with Gasteiger partial charge in [-0.25, -0.2) is 0 Å². The second-order valence-corrected chi connectivity index (χ2v) is 5.58. The summed E-state index contributed by atoms with van der Waals surface area (Å²) in [5.74, 6) is 2.04. The zero-order valence-electron chi connectivity index (χ0n) is 10.6. The molecule has 2 fully saturated rings. The van der Waals surface area contributed by atoms with E-state index in [0.29, 0.717) is 23.9 Å². The summed E-state index contributed by atoms with van der Waals surface area (Å²) in [6, 6.07) is 0.498. The average molecular weight is 268 g/mol. The molecule has 3 rings (SSSR count). The average Bonchev–Trinajstić information content (AvgIpc) is 3.05. The Labute approximate surface area is 112 Å². The Balaban J connectivity index is 1.76. The normalized spacial score (nSPS) is 27.1. The molecule has 2 unspecified atom stereocenters. The summed E-state index contributed by atoms with van der Waals surface area (Å²) in [5.41, 5.74) is 0. The number of nitrogens with zero attached hydrogens (tertiary/aromatic N) is 4. The zero-order chi connectivity index (χ0) is 12.5. The molecular weight excluding hydrogens is 250 g/mol. The Morgan fingerprint density at radius 2 is 1.89 bits per heavy atom. The van der Waals surface area contributed by atoms with Crippen molar-refractivity contribution in [3.05, 3.63) is 5.28 Å². The van der Waals surface area contributed by atoms with E-state index < -0.39 is 0 Å². The summed E-state index contributed by atoms with van der Waals surface area (Å²) in [5, 5.41) is 3.59. The first-order valence-electron chi connectivity index (χ1n) is 6.65. The minimum atomic E-state index is 0.279. The molecule has 5 nitrogen and oxygen atoms in total. The van der Waals surface area contributed by atoms with Gasteiger partial charge in [-0.2, -0.15) is 15.0 Å². The van der Waals surface area contributed by atoms with Crippen molar-refractivity contribution >= 4 is 23.5 Å². The first-order chi connectivity index (χ1) is 8.72. The number of halogens is 1. The molecule has 98 valence electrons. The van der Waals surface area contributed by atoms with Gasteiger partial charge in [-0.05, 0) is 43.2 Å². The van der Waals surface area contributed by atoms with E-state index in [-0.39, 0.29) is 5.28 Å². The maximum absolute atomic E-state index is 5.98. The van der Waals surface area contributed by atoms with Crippen LogP contribution in [0.3, 0.4) is 0 Å². The minimum absolute atomic E-state index is 0.279. The molecule has 18 heavy (non-hydrogen) atoms. The standard InChI is InChI=1S/C12H18ClN5/c1-8-7-9(8)14-11-15-10(13)16-12(17-11)18-5-3-2-4-6-18/h8-9H,2-7H2,1H3,(H,14,15,16,17). The summed E-state index contributed by atoms with van der Waals surface area (Å²) >= 11 is 5.98. The van der Waals surface area contributed by atoms with E-state index >= 15 is 0 Å². The smallest absolute Gasteiger partial charge is 0.231 e. The number of anilines is 2. The van der Waals surface area contributed by atoms with Crippen LogP contribution in [0.4, 0.5) is 11.9 Å². The van der Waals surface area contributed by atoms with Gasteiger partial charge in [0.1, 0.15) is 0 Å². The molecular formula is C12H18ClN5. The Bertz CT molecular complexity index is 432. The van der Waals surface area contributed by atoms with Crippen molar-refractivity contribution < 1.29 is 0 Å². The van der Waals surface area contributed by atoms with Crippen LogP contribution in [0.25, 0.3) is 0 Å². The third-order valence-corrected chi connectivity index (χ3v) is 3.83. The van der Waals surface area contributed by atoms with Crippen LogP contribution in [0.1, 0.15) is 32.6 Å². The molecule has 1 aliphatic heterocycles. The SMILES string of the molecule is CC1CC1Nc1nc(Cl)nc(N2CCCCC2)n1. The summed E-state index contributed by atoms with van der Waals surface area (Å²) in [6.07, 6.45) is 4.87. The van der Waals surface area contributed by atoms with Crippen LogP contribution < -0.4 is 10.2 Å². The third-order valence-electron chi connectivity index (χ3n) is 3.66. The molecule has 0 radical (unpaired) electrons. The van der Waals surface area contributed by atoms with E-state index in [0.717, 1.165) is 13.1 Å². The molecule has 2 atom stereocenters. The van der Waals surface area contributed by atoms with Crippen LogP contribution in [0.2, 0.25) is 5.28 Å². The molecule has 1 N–H and O–H groups in total. The monoisotopic (exact) mass is 267 g/mol. The third kappa shape index (κ3) is 2.66. The lowest BCUT2D eigenvalue weighted by Crippen LogP contribution is -2.31. The second kappa shape index (κ2) is 4.88. The van der Waals surface area contributed by atoms with Crippen molar-refractivity contribution in [3.63, 3.8) is 0 Å². The van der Waals surface area contributed by atoms with Crippen molar-refractivity contribution in [2.75, 3.05) is 23.3 Å².